The fourth-order valence-electron chi connectivity index (χ4n) is 6.98. The molecule has 2 fully saturated rings. The summed E-state index contributed by atoms with van der Waals surface area (Å²) in [5.74, 6) is 0.168. The molecule has 2 atom stereocenters. The third-order valence-electron chi connectivity index (χ3n) is 9.33. The van der Waals surface area contributed by atoms with Crippen LogP contribution in [-0.2, 0) is 27.3 Å². The quantitative estimate of drug-likeness (QED) is 0.482. The van der Waals surface area contributed by atoms with Gasteiger partial charge in [-0.25, -0.2) is 4.79 Å². The normalized spacial score (nSPS) is 24.9. The number of carbonyl (C=O) groups is 3. The maximum Gasteiger partial charge on any atom is 0.322 e. The summed E-state index contributed by atoms with van der Waals surface area (Å²) in [6, 6.07) is 16.6. The van der Waals surface area contributed by atoms with Gasteiger partial charge in [0.25, 0.3) is 0 Å². The lowest BCUT2D eigenvalue weighted by molar-refractivity contribution is -0.138. The van der Waals surface area contributed by atoms with Gasteiger partial charge in [0.05, 0.1) is 5.25 Å². The van der Waals surface area contributed by atoms with Crippen LogP contribution in [0.25, 0.3) is 0 Å². The third-order valence-corrected chi connectivity index (χ3v) is 11.0. The number of hydrogen-bond acceptors (Lipinski definition) is 4. The predicted octanol–water partition coefficient (Wildman–Crippen LogP) is 5.88. The smallest absolute Gasteiger partial charge is 0.322 e. The molecular weight excluding hydrogens is 532 g/mol. The Morgan fingerprint density at radius 1 is 1.00 bits per heavy atom. The summed E-state index contributed by atoms with van der Waals surface area (Å²) in [6.07, 6.45) is 5.38. The van der Waals surface area contributed by atoms with Crippen molar-refractivity contribution in [3.63, 3.8) is 0 Å². The average Bonchev–Trinajstić information content (AvgIpc) is 3.38. The second kappa shape index (κ2) is 11.0. The molecule has 7 nitrogen and oxygen atoms in total. The van der Waals surface area contributed by atoms with Gasteiger partial charge >= 0.3 is 6.03 Å². The highest BCUT2D eigenvalue weighted by Crippen LogP contribution is 2.57. The Balaban J connectivity index is 0.00000353. The van der Waals surface area contributed by atoms with E-state index in [9.17, 15) is 14.4 Å². The van der Waals surface area contributed by atoms with E-state index in [0.717, 1.165) is 49.8 Å². The molecule has 0 bridgehead atoms. The van der Waals surface area contributed by atoms with Crippen molar-refractivity contribution < 1.29 is 15.8 Å². The fraction of sp³-hybridized carbons (Fsp3) is 0.545. The van der Waals surface area contributed by atoms with Crippen LogP contribution in [0.1, 0.15) is 71.0 Å². The molecule has 220 valence electrons. The highest BCUT2D eigenvalue weighted by Gasteiger charge is 2.55. The zero-order chi connectivity index (χ0) is 28.8. The van der Waals surface area contributed by atoms with E-state index in [4.69, 9.17) is 0 Å². The van der Waals surface area contributed by atoms with E-state index in [-0.39, 0.29) is 47.3 Å². The number of nitrogens with zero attached hydrogens (tertiary/aromatic N) is 3. The number of fused-ring (bicyclic) bond motifs is 3. The van der Waals surface area contributed by atoms with E-state index in [2.05, 4.69) is 61.3 Å². The molecule has 41 heavy (non-hydrogen) atoms. The lowest BCUT2D eigenvalue weighted by Crippen LogP contribution is -2.50. The van der Waals surface area contributed by atoms with Crippen LogP contribution in [0.5, 0.6) is 0 Å². The molecule has 3 aliphatic heterocycles. The second-order valence-corrected chi connectivity index (χ2v) is 14.7. The summed E-state index contributed by atoms with van der Waals surface area (Å²) < 4.78 is 0. The van der Waals surface area contributed by atoms with E-state index < -0.39 is 0 Å². The Morgan fingerprint density at radius 2 is 1.71 bits per heavy atom. The van der Waals surface area contributed by atoms with Crippen molar-refractivity contribution in [3.8, 4) is 0 Å². The van der Waals surface area contributed by atoms with Gasteiger partial charge in [-0.2, -0.15) is 0 Å². The Morgan fingerprint density at radius 3 is 2.46 bits per heavy atom. The summed E-state index contributed by atoms with van der Waals surface area (Å²) in [7, 11) is 0. The number of nitrogens with one attached hydrogen (secondary N) is 1. The zero-order valence-electron chi connectivity index (χ0n) is 24.5. The Bertz CT molecular complexity index is 1340. The Kier molecular flexibility index (Phi) is 7.55. The Hall–Kier alpha value is -3.00. The topological polar surface area (TPSA) is 73.0 Å². The minimum absolute atomic E-state index is 0. The first-order chi connectivity index (χ1) is 19.6. The Labute approximate surface area is 249 Å². The summed E-state index contributed by atoms with van der Waals surface area (Å²) in [4.78, 5) is 46.1. The second-order valence-electron chi connectivity index (χ2n) is 13.2. The van der Waals surface area contributed by atoms with Gasteiger partial charge in [0, 0.05) is 45.8 Å². The molecule has 6 rings (SSSR count). The maximum absolute atomic E-state index is 13.9. The molecule has 2 saturated heterocycles. The lowest BCUT2D eigenvalue weighted by atomic mass is 9.91. The predicted molar refractivity (Wildman–Crippen MR) is 166 cm³/mol. The minimum atomic E-state index is -0.366. The fourth-order valence-corrected chi connectivity index (χ4v) is 8.76. The molecule has 3 heterocycles. The summed E-state index contributed by atoms with van der Waals surface area (Å²) >= 11 is 1.71. The van der Waals surface area contributed by atoms with Gasteiger partial charge in [0.2, 0.25) is 11.8 Å². The van der Waals surface area contributed by atoms with Crippen LogP contribution in [0.15, 0.2) is 48.5 Å². The molecule has 8 heteroatoms. The standard InChI is InChI=1S/C33H42N4O3S.H2/c1-32(2,3)17-21-37-30(39)28(41-33(37)16-12-23-8-4-6-10-26(23)33)22-29(38)35-18-14-25(15-19-35)36-20-13-24-9-5-7-11-27(24)34-31(36)40;/h4-11,25,28H,12-22H2,1-3H3,(H,34,40);1H. The molecule has 2 unspecified atom stereocenters. The number of piperidine rings is 1. The number of carbonyl (C=O) groups excluding carboxylic acids is 3. The molecular formula is C33H44N4O3S. The van der Waals surface area contributed by atoms with E-state index in [1.807, 2.05) is 28.0 Å². The maximum atomic E-state index is 13.9. The number of urea groups is 1. The number of thioether (sulfide) groups is 1. The van der Waals surface area contributed by atoms with Crippen LogP contribution >= 0.6 is 11.8 Å². The van der Waals surface area contributed by atoms with Gasteiger partial charge in [-0.05, 0) is 66.7 Å². The summed E-state index contributed by atoms with van der Waals surface area (Å²) in [5, 5.41) is 2.71. The highest BCUT2D eigenvalue weighted by molar-refractivity contribution is 8.02. The number of likely N-dealkylation sites (tertiary alicyclic amines) is 1. The van der Waals surface area contributed by atoms with E-state index in [0.29, 0.717) is 26.2 Å². The monoisotopic (exact) mass is 576 g/mol. The van der Waals surface area contributed by atoms with E-state index in [1.54, 1.807) is 11.8 Å². The molecule has 0 radical (unpaired) electrons. The SMILES string of the molecule is CC(C)(C)CCN1C(=O)C(CC(=O)N2CCC(N3CCc4ccccc4NC3=O)CC2)SC12CCc1ccccc12.[HH]. The molecule has 2 aromatic rings. The van der Waals surface area contributed by atoms with Crippen molar-refractivity contribution in [2.24, 2.45) is 5.41 Å². The average molecular weight is 577 g/mol. The van der Waals surface area contributed by atoms with Crippen molar-refractivity contribution in [1.82, 2.24) is 14.7 Å². The highest BCUT2D eigenvalue weighted by atomic mass is 32.2. The van der Waals surface area contributed by atoms with Gasteiger partial charge in [0.15, 0.2) is 0 Å². The molecule has 1 N–H and O–H groups in total. The largest absolute Gasteiger partial charge is 0.342 e. The van der Waals surface area contributed by atoms with Crippen LogP contribution in [-0.4, -0.2) is 70.0 Å². The van der Waals surface area contributed by atoms with Gasteiger partial charge in [-0.15, -0.1) is 11.8 Å². The number of amides is 4. The first-order valence-electron chi connectivity index (χ1n) is 15.2. The number of benzene rings is 2. The van der Waals surface area contributed by atoms with Gasteiger partial charge in [-0.3, -0.25) is 9.59 Å². The van der Waals surface area contributed by atoms with Crippen molar-refractivity contribution in [3.05, 3.63) is 65.2 Å². The van der Waals surface area contributed by atoms with E-state index in [1.165, 1.54) is 11.1 Å². The third kappa shape index (κ3) is 5.47. The van der Waals surface area contributed by atoms with Gasteiger partial charge in [-0.1, -0.05) is 63.2 Å². The molecule has 4 amide bonds. The van der Waals surface area contributed by atoms with Crippen LogP contribution < -0.4 is 5.32 Å². The molecule has 1 aliphatic carbocycles. The van der Waals surface area contributed by atoms with E-state index >= 15 is 0 Å². The first kappa shape index (κ1) is 28.1. The number of rotatable bonds is 5. The molecule has 2 aromatic carbocycles. The number of hydrogen-bond donors (Lipinski definition) is 1. The summed E-state index contributed by atoms with van der Waals surface area (Å²) in [5.41, 5.74) is 4.75. The number of anilines is 1. The van der Waals surface area contributed by atoms with Crippen LogP contribution in [0.2, 0.25) is 0 Å². The number of aryl methyl sites for hydroxylation is 1. The van der Waals surface area contributed by atoms with Crippen molar-refractivity contribution in [1.29, 1.82) is 0 Å². The minimum Gasteiger partial charge on any atom is -0.342 e. The van der Waals surface area contributed by atoms with Crippen LogP contribution in [0, 0.1) is 5.41 Å². The van der Waals surface area contributed by atoms with Gasteiger partial charge < -0.3 is 20.0 Å². The number of para-hydroxylation sites is 1. The van der Waals surface area contributed by atoms with Crippen molar-refractivity contribution in [2.75, 3.05) is 31.5 Å². The summed E-state index contributed by atoms with van der Waals surface area (Å²) in [6.45, 7) is 9.28. The molecule has 0 saturated carbocycles. The first-order valence-corrected chi connectivity index (χ1v) is 16.0. The zero-order valence-corrected chi connectivity index (χ0v) is 25.3. The van der Waals surface area contributed by atoms with Crippen LogP contribution in [0.3, 0.4) is 0 Å². The van der Waals surface area contributed by atoms with Crippen molar-refractivity contribution in [2.45, 2.75) is 81.9 Å². The van der Waals surface area contributed by atoms with Crippen LogP contribution in [0.4, 0.5) is 10.5 Å². The molecule has 4 aliphatic rings. The molecule has 0 aromatic heterocycles. The van der Waals surface area contributed by atoms with Crippen molar-refractivity contribution >= 4 is 35.3 Å². The molecule has 1 spiro atoms. The lowest BCUT2D eigenvalue weighted by Gasteiger charge is -2.38. The van der Waals surface area contributed by atoms with Gasteiger partial charge in [0.1, 0.15) is 4.87 Å².